The van der Waals surface area contributed by atoms with E-state index in [0.717, 1.165) is 12.3 Å². The monoisotopic (exact) mass is 228 g/mol. The molecular formula is C9H9FN2O2S. The molecule has 0 aliphatic rings. The highest BCUT2D eigenvalue weighted by Gasteiger charge is 2.06. The highest BCUT2D eigenvalue weighted by atomic mass is 32.2. The van der Waals surface area contributed by atoms with Gasteiger partial charge in [0, 0.05) is 12.1 Å². The second-order valence-electron chi connectivity index (χ2n) is 3.01. The van der Waals surface area contributed by atoms with Crippen molar-refractivity contribution < 1.29 is 12.8 Å². The van der Waals surface area contributed by atoms with Crippen LogP contribution in [0.1, 0.15) is 11.1 Å². The SMILES string of the molecule is CS(=O)(=O)NCc1cc(C#N)ccc1F. The predicted molar refractivity (Wildman–Crippen MR) is 52.8 cm³/mol. The minimum atomic E-state index is -3.36. The van der Waals surface area contributed by atoms with E-state index in [1.807, 2.05) is 6.07 Å². The van der Waals surface area contributed by atoms with Crippen LogP contribution in [-0.2, 0) is 16.6 Å². The Kier molecular flexibility index (Phi) is 3.39. The molecule has 80 valence electrons. The Hall–Kier alpha value is -1.45. The Balaban J connectivity index is 2.90. The van der Waals surface area contributed by atoms with Gasteiger partial charge in [0.05, 0.1) is 17.9 Å². The molecule has 1 rings (SSSR count). The molecule has 1 N–H and O–H groups in total. The van der Waals surface area contributed by atoms with Crippen molar-refractivity contribution in [3.63, 3.8) is 0 Å². The lowest BCUT2D eigenvalue weighted by Gasteiger charge is -2.04. The predicted octanol–water partition coefficient (Wildman–Crippen LogP) is 0.747. The molecule has 0 saturated heterocycles. The number of sulfonamides is 1. The summed E-state index contributed by atoms with van der Waals surface area (Å²) in [4.78, 5) is 0. The third kappa shape index (κ3) is 3.65. The number of halogens is 1. The number of rotatable bonds is 3. The number of benzene rings is 1. The molecule has 0 fully saturated rings. The molecule has 0 atom stereocenters. The summed E-state index contributed by atoms with van der Waals surface area (Å²) in [5.41, 5.74) is 0.446. The van der Waals surface area contributed by atoms with Crippen molar-refractivity contribution in [1.82, 2.24) is 4.72 Å². The van der Waals surface area contributed by atoms with Gasteiger partial charge in [0.25, 0.3) is 0 Å². The second kappa shape index (κ2) is 4.38. The normalized spacial score (nSPS) is 11.0. The summed E-state index contributed by atoms with van der Waals surface area (Å²) in [6, 6.07) is 5.63. The van der Waals surface area contributed by atoms with Crippen LogP contribution in [0.25, 0.3) is 0 Å². The van der Waals surface area contributed by atoms with Crippen molar-refractivity contribution in [2.24, 2.45) is 0 Å². The van der Waals surface area contributed by atoms with Crippen LogP contribution in [0.3, 0.4) is 0 Å². The first-order chi connectivity index (χ1) is 6.92. The molecule has 0 aliphatic carbocycles. The Bertz CT molecular complexity index is 505. The molecule has 0 aromatic heterocycles. The van der Waals surface area contributed by atoms with Crippen molar-refractivity contribution in [2.75, 3.05) is 6.26 Å². The van der Waals surface area contributed by atoms with Gasteiger partial charge in [0.15, 0.2) is 0 Å². The maximum atomic E-state index is 13.1. The molecule has 0 bridgehead atoms. The molecule has 0 aliphatic heterocycles. The molecule has 0 radical (unpaired) electrons. The summed E-state index contributed by atoms with van der Waals surface area (Å²) in [7, 11) is -3.36. The second-order valence-corrected chi connectivity index (χ2v) is 4.84. The van der Waals surface area contributed by atoms with Crippen molar-refractivity contribution >= 4 is 10.0 Å². The van der Waals surface area contributed by atoms with Crippen molar-refractivity contribution in [2.45, 2.75) is 6.54 Å². The first-order valence-electron chi connectivity index (χ1n) is 4.05. The summed E-state index contributed by atoms with van der Waals surface area (Å²) >= 11 is 0. The van der Waals surface area contributed by atoms with Crippen LogP contribution in [0.4, 0.5) is 4.39 Å². The summed E-state index contributed by atoms with van der Waals surface area (Å²) < 4.78 is 36.8. The molecule has 6 heteroatoms. The average Bonchev–Trinajstić information content (AvgIpc) is 2.15. The van der Waals surface area contributed by atoms with Gasteiger partial charge in [-0.25, -0.2) is 17.5 Å². The lowest BCUT2D eigenvalue weighted by Crippen LogP contribution is -2.21. The van der Waals surface area contributed by atoms with Crippen LogP contribution >= 0.6 is 0 Å². The van der Waals surface area contributed by atoms with Crippen LogP contribution < -0.4 is 4.72 Å². The van der Waals surface area contributed by atoms with Crippen molar-refractivity contribution in [1.29, 1.82) is 5.26 Å². The topological polar surface area (TPSA) is 70.0 Å². The van der Waals surface area contributed by atoms with Gasteiger partial charge in [-0.2, -0.15) is 5.26 Å². The van der Waals surface area contributed by atoms with Gasteiger partial charge in [-0.1, -0.05) is 0 Å². The molecule has 0 unspecified atom stereocenters. The molecular weight excluding hydrogens is 219 g/mol. The Morgan fingerprint density at radius 2 is 2.20 bits per heavy atom. The third-order valence-electron chi connectivity index (χ3n) is 1.70. The number of nitriles is 1. The van der Waals surface area contributed by atoms with Crippen LogP contribution in [0.5, 0.6) is 0 Å². The van der Waals surface area contributed by atoms with E-state index in [0.29, 0.717) is 5.56 Å². The average molecular weight is 228 g/mol. The minimum Gasteiger partial charge on any atom is -0.213 e. The molecule has 0 heterocycles. The maximum Gasteiger partial charge on any atom is 0.209 e. The third-order valence-corrected chi connectivity index (χ3v) is 2.37. The van der Waals surface area contributed by atoms with E-state index in [1.54, 1.807) is 0 Å². The first kappa shape index (κ1) is 11.6. The highest BCUT2D eigenvalue weighted by molar-refractivity contribution is 7.88. The largest absolute Gasteiger partial charge is 0.213 e. The van der Waals surface area contributed by atoms with E-state index in [-0.39, 0.29) is 12.1 Å². The Labute approximate surface area is 87.4 Å². The van der Waals surface area contributed by atoms with Crippen molar-refractivity contribution in [3.8, 4) is 6.07 Å². The lowest BCUT2D eigenvalue weighted by atomic mass is 10.1. The van der Waals surface area contributed by atoms with E-state index in [2.05, 4.69) is 4.72 Å². The Morgan fingerprint density at radius 1 is 1.53 bits per heavy atom. The quantitative estimate of drug-likeness (QED) is 0.829. The van der Waals surface area contributed by atoms with Crippen molar-refractivity contribution in [3.05, 3.63) is 35.1 Å². The minimum absolute atomic E-state index is 0.152. The zero-order valence-electron chi connectivity index (χ0n) is 7.99. The van der Waals surface area contributed by atoms with E-state index >= 15 is 0 Å². The fourth-order valence-corrected chi connectivity index (χ4v) is 1.41. The summed E-state index contributed by atoms with van der Waals surface area (Å²) in [5.74, 6) is -0.537. The van der Waals surface area contributed by atoms with E-state index in [1.165, 1.54) is 12.1 Å². The van der Waals surface area contributed by atoms with Crippen LogP contribution in [0.15, 0.2) is 18.2 Å². The molecule has 1 aromatic carbocycles. The zero-order valence-corrected chi connectivity index (χ0v) is 8.81. The fourth-order valence-electron chi connectivity index (χ4n) is 0.989. The first-order valence-corrected chi connectivity index (χ1v) is 5.94. The van der Waals surface area contributed by atoms with E-state index < -0.39 is 15.8 Å². The van der Waals surface area contributed by atoms with Gasteiger partial charge >= 0.3 is 0 Å². The smallest absolute Gasteiger partial charge is 0.209 e. The molecule has 15 heavy (non-hydrogen) atoms. The standard InChI is InChI=1S/C9H9FN2O2S/c1-15(13,14)12-6-8-4-7(5-11)2-3-9(8)10/h2-4,12H,6H2,1H3. The lowest BCUT2D eigenvalue weighted by molar-refractivity contribution is 0.579. The van der Waals surface area contributed by atoms with Gasteiger partial charge in [-0.15, -0.1) is 0 Å². The number of nitrogens with zero attached hydrogens (tertiary/aromatic N) is 1. The zero-order chi connectivity index (χ0) is 11.5. The fraction of sp³-hybridized carbons (Fsp3) is 0.222. The van der Waals surface area contributed by atoms with Gasteiger partial charge in [0.1, 0.15) is 5.82 Å². The number of nitrogens with one attached hydrogen (secondary N) is 1. The molecule has 1 aromatic rings. The van der Waals surface area contributed by atoms with Gasteiger partial charge in [0.2, 0.25) is 10.0 Å². The van der Waals surface area contributed by atoms with E-state index in [4.69, 9.17) is 5.26 Å². The Morgan fingerprint density at radius 3 is 2.73 bits per heavy atom. The highest BCUT2D eigenvalue weighted by Crippen LogP contribution is 2.09. The number of hydrogen-bond acceptors (Lipinski definition) is 3. The summed E-state index contributed by atoms with van der Waals surface area (Å²) in [6.07, 6.45) is 0.985. The van der Waals surface area contributed by atoms with Gasteiger partial charge in [-0.05, 0) is 18.2 Å². The molecule has 0 spiro atoms. The molecule has 0 saturated carbocycles. The van der Waals surface area contributed by atoms with E-state index in [9.17, 15) is 12.8 Å². The number of hydrogen-bond donors (Lipinski definition) is 1. The summed E-state index contributed by atoms with van der Waals surface area (Å²) in [6.45, 7) is -0.153. The summed E-state index contributed by atoms with van der Waals surface area (Å²) in [5, 5.41) is 8.57. The molecule has 4 nitrogen and oxygen atoms in total. The maximum absolute atomic E-state index is 13.1. The van der Waals surface area contributed by atoms with Crippen LogP contribution in [-0.4, -0.2) is 14.7 Å². The van der Waals surface area contributed by atoms with Gasteiger partial charge in [-0.3, -0.25) is 0 Å². The van der Waals surface area contributed by atoms with Gasteiger partial charge < -0.3 is 0 Å². The van der Waals surface area contributed by atoms with Crippen LogP contribution in [0.2, 0.25) is 0 Å². The molecule has 0 amide bonds. The van der Waals surface area contributed by atoms with Crippen LogP contribution in [0, 0.1) is 17.1 Å².